The number of hydrogen-bond acceptors (Lipinski definition) is 4. The minimum absolute atomic E-state index is 0.652. The lowest BCUT2D eigenvalue weighted by Gasteiger charge is -2.18. The quantitative estimate of drug-likeness (QED) is 0.163. The molecule has 0 radical (unpaired) electrons. The average molecular weight is 792 g/mol. The molecule has 11 aromatic carbocycles. The van der Waals surface area contributed by atoms with Gasteiger partial charge < -0.3 is 0 Å². The van der Waals surface area contributed by atoms with Crippen molar-refractivity contribution in [2.45, 2.75) is 0 Å². The predicted molar refractivity (Wildman–Crippen MR) is 259 cm³/mol. The van der Waals surface area contributed by atoms with Crippen molar-refractivity contribution >= 4 is 86.1 Å². The van der Waals surface area contributed by atoms with E-state index in [-0.39, 0.29) is 0 Å². The van der Waals surface area contributed by atoms with Gasteiger partial charge in [-0.15, -0.1) is 11.3 Å². The van der Waals surface area contributed by atoms with Crippen LogP contribution in [0, 0.1) is 0 Å². The molecule has 0 atom stereocenters. The monoisotopic (exact) mass is 791 g/mol. The molecule has 0 aliphatic heterocycles. The van der Waals surface area contributed by atoms with Crippen LogP contribution in [0.4, 0.5) is 0 Å². The van der Waals surface area contributed by atoms with Crippen LogP contribution in [0.1, 0.15) is 0 Å². The Morgan fingerprint density at radius 3 is 1.39 bits per heavy atom. The van der Waals surface area contributed by atoms with Crippen molar-refractivity contribution in [1.82, 2.24) is 15.0 Å². The number of benzene rings is 10. The summed E-state index contributed by atoms with van der Waals surface area (Å²) in [5.41, 5.74) is 6.58. The molecule has 0 spiro atoms. The fourth-order valence-corrected chi connectivity index (χ4v) is 10.6. The molecule has 0 bridgehead atoms. The summed E-state index contributed by atoms with van der Waals surface area (Å²) in [5.74, 6) is 2.00. The smallest absolute Gasteiger partial charge is 0.174 e. The van der Waals surface area contributed by atoms with Crippen LogP contribution >= 0.6 is 11.3 Å². The fraction of sp³-hybridized carbons (Fsp3) is 0. The third-order valence-electron chi connectivity index (χ3n) is 12.4. The predicted octanol–water partition coefficient (Wildman–Crippen LogP) is 15.8. The molecular formula is C57H33N3S. The number of aromatic nitrogens is 3. The van der Waals surface area contributed by atoms with Crippen molar-refractivity contribution in [2.75, 3.05) is 0 Å². The fourth-order valence-electron chi connectivity index (χ4n) is 9.65. The highest BCUT2D eigenvalue weighted by Crippen LogP contribution is 2.45. The van der Waals surface area contributed by atoms with Gasteiger partial charge in [-0.1, -0.05) is 176 Å². The van der Waals surface area contributed by atoms with Gasteiger partial charge in [0.2, 0.25) is 0 Å². The summed E-state index contributed by atoms with van der Waals surface area (Å²) in [6.45, 7) is 0. The van der Waals surface area contributed by atoms with Crippen molar-refractivity contribution in [2.24, 2.45) is 0 Å². The second kappa shape index (κ2) is 13.4. The van der Waals surface area contributed by atoms with E-state index in [2.05, 4.69) is 182 Å². The summed E-state index contributed by atoms with van der Waals surface area (Å²) in [7, 11) is 0. The van der Waals surface area contributed by atoms with Crippen LogP contribution in [0.15, 0.2) is 200 Å². The molecule has 0 aliphatic rings. The summed E-state index contributed by atoms with van der Waals surface area (Å²) in [5, 5.41) is 16.6. The van der Waals surface area contributed by atoms with Crippen LogP contribution in [-0.4, -0.2) is 15.0 Å². The zero-order chi connectivity index (χ0) is 40.0. The Balaban J connectivity index is 0.989. The Kier molecular flexibility index (Phi) is 7.47. The highest BCUT2D eigenvalue weighted by atomic mass is 32.1. The number of nitrogens with zero attached hydrogens (tertiary/aromatic N) is 3. The van der Waals surface area contributed by atoms with Gasteiger partial charge in [-0.25, -0.2) is 15.0 Å². The Hall–Kier alpha value is -7.79. The standard InChI is InChI=1S/C57H33N3S/c1-2-11-38(12-3-1)55-58-56(60-57(59-55)50-33-40-13-4-7-22-49(40)61-50)39-28-23-34(24-29-39)43-17-5-6-18-44(43)42-31-41-30-27-37-15-9-20-46-45-19-8-14-35-25-26-36-16-10-21-47(53(36)51(35)45)48(32-42)54(41)52(37)46/h1-33H. The van der Waals surface area contributed by atoms with E-state index in [9.17, 15) is 0 Å². The van der Waals surface area contributed by atoms with Crippen molar-refractivity contribution in [3.63, 3.8) is 0 Å². The number of thiophene rings is 1. The summed E-state index contributed by atoms with van der Waals surface area (Å²) >= 11 is 1.71. The van der Waals surface area contributed by atoms with Gasteiger partial charge in [0, 0.05) is 15.8 Å². The molecule has 2 heterocycles. The zero-order valence-electron chi connectivity index (χ0n) is 32.8. The van der Waals surface area contributed by atoms with E-state index in [4.69, 9.17) is 15.0 Å². The van der Waals surface area contributed by atoms with Crippen LogP contribution in [0.2, 0.25) is 0 Å². The summed E-state index contributed by atoms with van der Waals surface area (Å²) < 4.78 is 1.21. The third-order valence-corrected chi connectivity index (χ3v) is 13.5. The lowest BCUT2D eigenvalue weighted by molar-refractivity contribution is 1.08. The number of rotatable bonds is 5. The van der Waals surface area contributed by atoms with Crippen LogP contribution in [0.5, 0.6) is 0 Å². The van der Waals surface area contributed by atoms with Gasteiger partial charge in [0.15, 0.2) is 17.5 Å². The molecule has 4 heteroatoms. The van der Waals surface area contributed by atoms with E-state index >= 15 is 0 Å². The van der Waals surface area contributed by atoms with Gasteiger partial charge in [-0.3, -0.25) is 0 Å². The first-order chi connectivity index (χ1) is 30.2. The van der Waals surface area contributed by atoms with E-state index < -0.39 is 0 Å². The van der Waals surface area contributed by atoms with Gasteiger partial charge in [0.1, 0.15) is 0 Å². The SMILES string of the molecule is c1ccc(-c2nc(-c3ccc(-c4ccccc4-c4cc5ccc6cccc7c8cccc9ccc%10cccc(c(c4)c5c67)c%10c98)cc3)nc(-c3cc4ccccc4s3)n2)cc1. The second-order valence-electron chi connectivity index (χ2n) is 15.9. The largest absolute Gasteiger partial charge is 0.208 e. The maximum atomic E-state index is 5.08. The van der Waals surface area contributed by atoms with Crippen LogP contribution in [0.3, 0.4) is 0 Å². The van der Waals surface area contributed by atoms with Gasteiger partial charge in [-0.2, -0.15) is 0 Å². The minimum Gasteiger partial charge on any atom is -0.208 e. The maximum absolute atomic E-state index is 5.08. The Morgan fingerprint density at radius 1 is 0.279 bits per heavy atom. The molecule has 282 valence electrons. The van der Waals surface area contributed by atoms with Crippen LogP contribution in [-0.2, 0) is 0 Å². The molecule has 0 unspecified atom stereocenters. The lowest BCUT2D eigenvalue weighted by atomic mass is 9.85. The summed E-state index contributed by atoms with van der Waals surface area (Å²) in [6, 6.07) is 72.6. The normalized spacial score (nSPS) is 11.9. The van der Waals surface area contributed by atoms with Gasteiger partial charge in [-0.05, 0) is 117 Å². The Bertz CT molecular complexity index is 3830. The van der Waals surface area contributed by atoms with Crippen molar-refractivity contribution in [3.8, 4) is 55.7 Å². The average Bonchev–Trinajstić information content (AvgIpc) is 3.77. The lowest BCUT2D eigenvalue weighted by Crippen LogP contribution is -1.99. The first-order valence-electron chi connectivity index (χ1n) is 20.7. The second-order valence-corrected chi connectivity index (χ2v) is 17.0. The molecule has 0 aliphatic carbocycles. The molecule has 0 saturated carbocycles. The molecule has 0 fully saturated rings. The van der Waals surface area contributed by atoms with E-state index in [1.54, 1.807) is 11.3 Å². The molecule has 13 aromatic rings. The number of fused-ring (bicyclic) bond motifs is 3. The van der Waals surface area contributed by atoms with Gasteiger partial charge >= 0.3 is 0 Å². The highest BCUT2D eigenvalue weighted by Gasteiger charge is 2.19. The van der Waals surface area contributed by atoms with E-state index in [0.29, 0.717) is 17.5 Å². The van der Waals surface area contributed by atoms with E-state index in [0.717, 1.165) is 21.6 Å². The molecule has 3 nitrogen and oxygen atoms in total. The first kappa shape index (κ1) is 34.1. The summed E-state index contributed by atoms with van der Waals surface area (Å²) in [4.78, 5) is 16.1. The summed E-state index contributed by atoms with van der Waals surface area (Å²) in [6.07, 6.45) is 0. The molecule has 0 saturated heterocycles. The minimum atomic E-state index is 0.652. The molecule has 2 aromatic heterocycles. The Labute approximate surface area is 355 Å². The van der Waals surface area contributed by atoms with Crippen molar-refractivity contribution in [3.05, 3.63) is 200 Å². The van der Waals surface area contributed by atoms with E-state index in [1.165, 1.54) is 91.4 Å². The highest BCUT2D eigenvalue weighted by molar-refractivity contribution is 7.22. The molecule has 61 heavy (non-hydrogen) atoms. The van der Waals surface area contributed by atoms with Crippen LogP contribution < -0.4 is 0 Å². The number of hydrogen-bond donors (Lipinski definition) is 0. The van der Waals surface area contributed by atoms with E-state index in [1.807, 2.05) is 18.2 Å². The maximum Gasteiger partial charge on any atom is 0.174 e. The first-order valence-corrected chi connectivity index (χ1v) is 21.5. The van der Waals surface area contributed by atoms with Crippen molar-refractivity contribution < 1.29 is 0 Å². The van der Waals surface area contributed by atoms with Crippen molar-refractivity contribution in [1.29, 1.82) is 0 Å². The van der Waals surface area contributed by atoms with Gasteiger partial charge in [0.05, 0.1) is 4.88 Å². The topological polar surface area (TPSA) is 38.7 Å². The molecule has 0 amide bonds. The van der Waals surface area contributed by atoms with Crippen LogP contribution in [0.25, 0.3) is 130 Å². The Morgan fingerprint density at radius 2 is 0.754 bits per heavy atom. The molecule has 13 rings (SSSR count). The molecular weight excluding hydrogens is 759 g/mol. The molecule has 0 N–H and O–H groups in total. The zero-order valence-corrected chi connectivity index (χ0v) is 33.6. The van der Waals surface area contributed by atoms with Gasteiger partial charge in [0.25, 0.3) is 0 Å². The third kappa shape index (κ3) is 5.39.